The number of aromatic carboxylic acids is 1. The summed E-state index contributed by atoms with van der Waals surface area (Å²) in [5, 5.41) is 15.5. The van der Waals surface area contributed by atoms with E-state index in [9.17, 15) is 24.3 Å². The van der Waals surface area contributed by atoms with E-state index in [-0.39, 0.29) is 45.8 Å². The maximum absolute atomic E-state index is 12.3. The summed E-state index contributed by atoms with van der Waals surface area (Å²) in [4.78, 5) is 61.5. The molecular weight excluding hydrogens is 896 g/mol. The lowest BCUT2D eigenvalue weighted by Gasteiger charge is -2.45. The van der Waals surface area contributed by atoms with Gasteiger partial charge in [0, 0.05) is 72.5 Å². The molecule has 66 heavy (non-hydrogen) atoms. The van der Waals surface area contributed by atoms with Crippen LogP contribution < -0.4 is 19.9 Å². The molecule has 16 heteroatoms. The number of nitrogens with one attached hydrogen (secondary N) is 1. The second-order valence-electron chi connectivity index (χ2n) is 17.5. The van der Waals surface area contributed by atoms with Gasteiger partial charge >= 0.3 is 5.97 Å². The van der Waals surface area contributed by atoms with Crippen molar-refractivity contribution >= 4 is 99.1 Å². The largest absolute Gasteiger partial charge is 0.483 e. The number of allylic oxidation sites excluding steroid dienone is 1. The van der Waals surface area contributed by atoms with Gasteiger partial charge < -0.3 is 34.2 Å². The highest BCUT2D eigenvalue weighted by molar-refractivity contribution is 7.96. The number of thiophene rings is 1. The highest BCUT2D eigenvalue weighted by Gasteiger charge is 2.36. The van der Waals surface area contributed by atoms with Crippen molar-refractivity contribution in [1.82, 2.24) is 14.3 Å². The zero-order chi connectivity index (χ0) is 46.5. The summed E-state index contributed by atoms with van der Waals surface area (Å²) in [6.07, 6.45) is 11.1. The average molecular weight is 950 g/mol. The number of oxazole rings is 1. The molecule has 5 heterocycles. The molecule has 2 unspecified atom stereocenters. The van der Waals surface area contributed by atoms with Crippen LogP contribution in [-0.2, 0) is 15.3 Å². The van der Waals surface area contributed by atoms with Crippen LogP contribution in [0.2, 0.25) is 5.02 Å². The first-order valence-corrected chi connectivity index (χ1v) is 24.3. The number of anilines is 3. The number of piperidine rings is 2. The minimum Gasteiger partial charge on any atom is -0.483 e. The lowest BCUT2D eigenvalue weighted by Crippen LogP contribution is -2.49. The van der Waals surface area contributed by atoms with Gasteiger partial charge in [0.2, 0.25) is 5.71 Å². The Hall–Kier alpha value is -5.74. The molecule has 2 atom stereocenters. The van der Waals surface area contributed by atoms with Gasteiger partial charge in [-0.25, -0.2) is 14.1 Å². The van der Waals surface area contributed by atoms with Crippen LogP contribution in [0.15, 0.2) is 83.9 Å². The van der Waals surface area contributed by atoms with E-state index in [1.807, 2.05) is 60.6 Å². The first kappa shape index (κ1) is 46.8. The molecule has 3 aromatic heterocycles. The topological polar surface area (TPSA) is 158 Å². The van der Waals surface area contributed by atoms with Crippen LogP contribution in [0, 0.1) is 0 Å². The van der Waals surface area contributed by atoms with Crippen LogP contribution in [0.3, 0.4) is 0 Å². The van der Waals surface area contributed by atoms with Crippen LogP contribution in [-0.4, -0.2) is 95.1 Å². The molecule has 0 saturated carbocycles. The highest BCUT2D eigenvalue weighted by Crippen LogP contribution is 2.46. The number of benzene rings is 3. The summed E-state index contributed by atoms with van der Waals surface area (Å²) in [6, 6.07) is 20.4. The van der Waals surface area contributed by atoms with Crippen molar-refractivity contribution in [3.63, 3.8) is 0 Å². The van der Waals surface area contributed by atoms with Gasteiger partial charge in [0.05, 0.1) is 10.9 Å². The summed E-state index contributed by atoms with van der Waals surface area (Å²) < 4.78 is 14.1. The Labute approximate surface area is 397 Å². The molecule has 8 rings (SSSR count). The van der Waals surface area contributed by atoms with Gasteiger partial charge in [-0.05, 0) is 105 Å². The van der Waals surface area contributed by atoms with Crippen LogP contribution in [0.5, 0.6) is 5.75 Å². The van der Waals surface area contributed by atoms with E-state index in [1.165, 1.54) is 5.56 Å². The molecule has 6 aromatic rings. The molecule has 0 radical (unpaired) electrons. The smallest absolute Gasteiger partial charge is 0.349 e. The van der Waals surface area contributed by atoms with E-state index in [4.69, 9.17) is 25.7 Å². The van der Waals surface area contributed by atoms with Crippen molar-refractivity contribution in [3.05, 3.63) is 106 Å². The lowest BCUT2D eigenvalue weighted by molar-refractivity contribution is -0.110. The Bertz CT molecular complexity index is 2770. The summed E-state index contributed by atoms with van der Waals surface area (Å²) >= 11 is 9.41. The van der Waals surface area contributed by atoms with E-state index in [2.05, 4.69) is 64.2 Å². The molecule has 344 valence electrons. The number of aldehydes is 3. The van der Waals surface area contributed by atoms with Gasteiger partial charge in [0.25, 0.3) is 6.01 Å². The number of carbonyl (C=O) groups excluding carboxylic acids is 3. The Morgan fingerprint density at radius 1 is 1.12 bits per heavy atom. The quantitative estimate of drug-likeness (QED) is 0.0449. The van der Waals surface area contributed by atoms with Crippen LogP contribution in [0.1, 0.15) is 89.4 Å². The van der Waals surface area contributed by atoms with Crippen molar-refractivity contribution in [2.24, 2.45) is 0 Å². The molecule has 2 aliphatic heterocycles. The fourth-order valence-electron chi connectivity index (χ4n) is 9.31. The third-order valence-corrected chi connectivity index (χ3v) is 15.8. The molecule has 2 N–H and O–H groups in total. The van der Waals surface area contributed by atoms with Gasteiger partial charge in [0.15, 0.2) is 23.2 Å². The lowest BCUT2D eigenvalue weighted by atomic mass is 9.85. The third-order valence-electron chi connectivity index (χ3n) is 12.7. The van der Waals surface area contributed by atoms with Crippen LogP contribution in [0.4, 0.5) is 17.4 Å². The molecule has 0 bridgehead atoms. The zero-order valence-electron chi connectivity index (χ0n) is 37.2. The van der Waals surface area contributed by atoms with E-state index in [0.29, 0.717) is 34.9 Å². The number of carbonyl (C=O) groups is 4. The maximum atomic E-state index is 12.3. The molecular formula is C50H53ClN6O7S2. The normalized spacial score (nSPS) is 17.1. The summed E-state index contributed by atoms with van der Waals surface area (Å²) in [5.74, 6) is -0.148. The van der Waals surface area contributed by atoms with Crippen LogP contribution in [0.25, 0.3) is 32.4 Å². The molecule has 2 fully saturated rings. The number of pyridine rings is 1. The first-order chi connectivity index (χ1) is 31.9. The fourth-order valence-corrected chi connectivity index (χ4v) is 11.8. The molecule has 0 spiro atoms. The third kappa shape index (κ3) is 9.85. The fraction of sp³-hybridized carbons (Fsp3) is 0.360. The molecule has 0 amide bonds. The van der Waals surface area contributed by atoms with Crippen molar-refractivity contribution in [1.29, 1.82) is 0 Å². The zero-order valence-corrected chi connectivity index (χ0v) is 39.6. The van der Waals surface area contributed by atoms with Gasteiger partial charge in [0.1, 0.15) is 23.4 Å². The number of ether oxygens (including phenoxy) is 1. The predicted octanol–water partition coefficient (Wildman–Crippen LogP) is 10.7. The average Bonchev–Trinajstić information content (AvgIpc) is 3.90. The van der Waals surface area contributed by atoms with Gasteiger partial charge in [-0.1, -0.05) is 66.0 Å². The van der Waals surface area contributed by atoms with E-state index in [0.717, 1.165) is 120 Å². The molecule has 2 aliphatic rings. The Morgan fingerprint density at radius 3 is 2.65 bits per heavy atom. The first-order valence-electron chi connectivity index (χ1n) is 22.1. The Balaban J connectivity index is 0.878. The van der Waals surface area contributed by atoms with E-state index in [1.54, 1.807) is 11.9 Å². The number of aromatic nitrogens is 2. The monoisotopic (exact) mass is 948 g/mol. The van der Waals surface area contributed by atoms with E-state index >= 15 is 0 Å². The summed E-state index contributed by atoms with van der Waals surface area (Å²) in [7, 11) is 1.92. The van der Waals surface area contributed by atoms with Gasteiger partial charge in [-0.3, -0.25) is 9.59 Å². The summed E-state index contributed by atoms with van der Waals surface area (Å²) in [6.45, 7) is 10.4. The number of rotatable bonds is 19. The molecule has 2 saturated heterocycles. The SMILES string of the molecule is C=CCCC(C=O)N(C)c1ccc(C2CCN(c3nc4cc(CSN5CCC(Nc6cccc(-c7sc(C(=O)O)c(OCC=O)c7Cl)c6)CC5(C)C)cnc4o3)CC2)c2cccc(C=O)c12. The summed E-state index contributed by atoms with van der Waals surface area (Å²) in [5.41, 5.74) is 6.55. The Kier molecular flexibility index (Phi) is 14.5. The molecule has 3 aromatic carbocycles. The van der Waals surface area contributed by atoms with Crippen molar-refractivity contribution in [3.8, 4) is 16.2 Å². The highest BCUT2D eigenvalue weighted by atomic mass is 35.5. The Morgan fingerprint density at radius 2 is 1.92 bits per heavy atom. The van der Waals surface area contributed by atoms with Gasteiger partial charge in [-0.2, -0.15) is 4.98 Å². The number of likely N-dealkylation sites (N-methyl/N-ethyl adjacent to an activating group) is 1. The van der Waals surface area contributed by atoms with Crippen LogP contribution >= 0.6 is 34.9 Å². The number of halogens is 1. The van der Waals surface area contributed by atoms with Crippen molar-refractivity contribution in [2.75, 3.05) is 48.4 Å². The minimum atomic E-state index is -1.16. The number of hydrogen-bond donors (Lipinski definition) is 2. The maximum Gasteiger partial charge on any atom is 0.349 e. The van der Waals surface area contributed by atoms with E-state index < -0.39 is 5.97 Å². The minimum absolute atomic E-state index is 0.0104. The van der Waals surface area contributed by atoms with Crippen molar-refractivity contribution < 1.29 is 33.4 Å². The second-order valence-corrected chi connectivity index (χ2v) is 19.8. The molecule has 0 aliphatic carbocycles. The number of carboxylic acid groups (broad SMARTS) is 1. The number of fused-ring (bicyclic) bond motifs is 2. The van der Waals surface area contributed by atoms with Gasteiger partial charge in [-0.15, -0.1) is 17.9 Å². The predicted molar refractivity (Wildman–Crippen MR) is 265 cm³/mol. The number of carboxylic acids is 1. The number of nitrogens with zero attached hydrogens (tertiary/aromatic N) is 5. The number of hydrogen-bond acceptors (Lipinski definition) is 14. The second kappa shape index (κ2) is 20.4. The van der Waals surface area contributed by atoms with Crippen molar-refractivity contribution in [2.45, 2.75) is 81.7 Å². The molecule has 13 nitrogen and oxygen atoms in total. The standard InChI is InChI=1S/C50H53ClN6O7S2/c1-5-6-12-37(29-60)55(4)41-15-14-38(39-13-8-10-34(28-59)42(39)41)32-16-19-56(20-17-32)49-54-40-24-31(27-52-47(40)64-49)30-65-57-21-18-36(26-50(57,2)3)53-35-11-7-9-33(25-35)45-43(51)44(63-23-22-58)46(66-45)48(61)62/h5,7-11,13-15,22,24-25,27-29,32,36-37,53H,1,6,12,16-21,23,26,30H2,2-4H3,(H,61,62).